The number of rotatable bonds is 6. The fourth-order valence-corrected chi connectivity index (χ4v) is 6.99. The van der Waals surface area contributed by atoms with Gasteiger partial charge >= 0.3 is 12.2 Å². The molecule has 0 aromatic heterocycles. The van der Waals surface area contributed by atoms with E-state index in [-0.39, 0.29) is 36.2 Å². The lowest BCUT2D eigenvalue weighted by molar-refractivity contribution is 0.00430. The summed E-state index contributed by atoms with van der Waals surface area (Å²) in [6, 6.07) is 11.8. The number of carbonyl (C=O) groups excluding carboxylic acids is 2. The van der Waals surface area contributed by atoms with Crippen LogP contribution in [0.25, 0.3) is 0 Å². The summed E-state index contributed by atoms with van der Waals surface area (Å²) >= 11 is 0. The number of ether oxygens (including phenoxy) is 1. The molecule has 39 heavy (non-hydrogen) atoms. The van der Waals surface area contributed by atoms with Gasteiger partial charge in [0, 0.05) is 57.0 Å². The van der Waals surface area contributed by atoms with Crippen LogP contribution < -0.4 is 0 Å². The topological polar surface area (TPSA) is 125 Å². The maximum atomic E-state index is 13.2. The first-order valence-electron chi connectivity index (χ1n) is 12.9. The zero-order valence-electron chi connectivity index (χ0n) is 21.3. The molecule has 12 heteroatoms. The molecule has 3 saturated heterocycles. The first kappa shape index (κ1) is 27.1. The summed E-state index contributed by atoms with van der Waals surface area (Å²) in [6.45, 7) is 1.64. The summed E-state index contributed by atoms with van der Waals surface area (Å²) < 4.78 is 46.6. The summed E-state index contributed by atoms with van der Waals surface area (Å²) in [5, 5.41) is 9.15. The van der Waals surface area contributed by atoms with Crippen molar-refractivity contribution in [1.82, 2.24) is 14.1 Å². The van der Waals surface area contributed by atoms with E-state index in [4.69, 9.17) is 9.84 Å². The Kier molecular flexibility index (Phi) is 7.34. The first-order chi connectivity index (χ1) is 18.6. The number of carbonyl (C=O) groups is 3. The van der Waals surface area contributed by atoms with Crippen molar-refractivity contribution in [3.05, 3.63) is 65.5 Å². The Hall–Kier alpha value is -3.51. The second-order valence-electron chi connectivity index (χ2n) is 10.4. The lowest BCUT2D eigenvalue weighted by Gasteiger charge is -2.36. The van der Waals surface area contributed by atoms with Gasteiger partial charge in [0.05, 0.1) is 11.4 Å². The molecule has 2 amide bonds. The molecule has 208 valence electrons. The Labute approximate surface area is 226 Å². The number of nitrogens with zero attached hydrogens (tertiary/aromatic N) is 3. The minimum atomic E-state index is -3.76. The molecule has 0 aliphatic carbocycles. The van der Waals surface area contributed by atoms with Crippen molar-refractivity contribution < 1.29 is 37.0 Å². The first-order valence-corrected chi connectivity index (χ1v) is 14.4. The van der Waals surface area contributed by atoms with Gasteiger partial charge in [-0.3, -0.25) is 9.69 Å². The number of amides is 2. The van der Waals surface area contributed by atoms with E-state index in [1.807, 2.05) is 0 Å². The maximum Gasteiger partial charge on any atom is 0.410 e. The molecule has 0 unspecified atom stereocenters. The average molecular weight is 560 g/mol. The SMILES string of the molecule is O=C(c1ccc(F)cc1)C1CCN(S(=O)(=O)c2ccc(CN3CC4(CCN(C(=O)O)CC4)OC3=O)cc2)CC1. The van der Waals surface area contributed by atoms with E-state index in [0.717, 1.165) is 5.56 Å². The smallest absolute Gasteiger partial charge is 0.410 e. The normalized spacial score (nSPS) is 20.3. The lowest BCUT2D eigenvalue weighted by atomic mass is 9.90. The fraction of sp³-hybridized carbons (Fsp3) is 0.444. The van der Waals surface area contributed by atoms with Crippen LogP contribution in [0.2, 0.25) is 0 Å². The molecule has 2 aromatic carbocycles. The molecule has 2 aromatic rings. The van der Waals surface area contributed by atoms with E-state index in [9.17, 15) is 27.2 Å². The summed E-state index contributed by atoms with van der Waals surface area (Å²) in [5.74, 6) is -0.837. The Morgan fingerprint density at radius 3 is 2.18 bits per heavy atom. The van der Waals surface area contributed by atoms with E-state index >= 15 is 0 Å². The molecule has 3 aliphatic heterocycles. The molecule has 3 fully saturated rings. The maximum absolute atomic E-state index is 13.2. The monoisotopic (exact) mass is 559 g/mol. The molecule has 3 heterocycles. The molecule has 0 radical (unpaired) electrons. The van der Waals surface area contributed by atoms with Crippen LogP contribution in [0.4, 0.5) is 14.0 Å². The molecule has 1 spiro atoms. The second-order valence-corrected chi connectivity index (χ2v) is 12.3. The van der Waals surface area contributed by atoms with Gasteiger partial charge in [-0.1, -0.05) is 12.1 Å². The van der Waals surface area contributed by atoms with E-state index in [1.54, 1.807) is 17.0 Å². The van der Waals surface area contributed by atoms with E-state index in [1.165, 1.54) is 45.6 Å². The highest BCUT2D eigenvalue weighted by Gasteiger charge is 2.47. The van der Waals surface area contributed by atoms with Gasteiger partial charge < -0.3 is 14.7 Å². The highest BCUT2D eigenvalue weighted by atomic mass is 32.2. The van der Waals surface area contributed by atoms with E-state index < -0.39 is 33.6 Å². The molecule has 0 bridgehead atoms. The number of Topliss-reactive ketones (excluding diaryl/α,β-unsaturated/α-hetero) is 1. The Morgan fingerprint density at radius 2 is 1.59 bits per heavy atom. The molecule has 0 atom stereocenters. The largest absolute Gasteiger partial charge is 0.465 e. The lowest BCUT2D eigenvalue weighted by Crippen LogP contribution is -2.48. The van der Waals surface area contributed by atoms with Crippen LogP contribution in [0.15, 0.2) is 53.4 Å². The summed E-state index contributed by atoms with van der Waals surface area (Å²) in [6.07, 6.45) is 0.195. The summed E-state index contributed by atoms with van der Waals surface area (Å²) in [7, 11) is -3.76. The third-order valence-electron chi connectivity index (χ3n) is 7.87. The van der Waals surface area contributed by atoms with Gasteiger partial charge in [0.2, 0.25) is 10.0 Å². The van der Waals surface area contributed by atoms with Gasteiger partial charge in [-0.25, -0.2) is 22.4 Å². The molecule has 0 saturated carbocycles. The highest BCUT2D eigenvalue weighted by Crippen LogP contribution is 2.34. The van der Waals surface area contributed by atoms with Crippen molar-refractivity contribution in [2.24, 2.45) is 5.92 Å². The third-order valence-corrected chi connectivity index (χ3v) is 9.79. The van der Waals surface area contributed by atoms with Crippen LogP contribution in [0, 0.1) is 11.7 Å². The molecular weight excluding hydrogens is 529 g/mol. The molecule has 5 rings (SSSR count). The zero-order valence-corrected chi connectivity index (χ0v) is 22.1. The van der Waals surface area contributed by atoms with Gasteiger partial charge in [0.15, 0.2) is 5.78 Å². The van der Waals surface area contributed by atoms with Crippen molar-refractivity contribution in [3.8, 4) is 0 Å². The summed E-state index contributed by atoms with van der Waals surface area (Å²) in [4.78, 5) is 39.4. The van der Waals surface area contributed by atoms with Crippen molar-refractivity contribution in [3.63, 3.8) is 0 Å². The van der Waals surface area contributed by atoms with Gasteiger partial charge in [0.25, 0.3) is 0 Å². The number of halogens is 1. The van der Waals surface area contributed by atoms with Crippen LogP contribution in [-0.4, -0.2) is 83.9 Å². The van der Waals surface area contributed by atoms with Crippen LogP contribution >= 0.6 is 0 Å². The predicted octanol–water partition coefficient (Wildman–Crippen LogP) is 3.57. The third kappa shape index (κ3) is 5.62. The van der Waals surface area contributed by atoms with Crippen LogP contribution in [-0.2, 0) is 21.3 Å². The molecular formula is C27H30FN3O7S. The number of likely N-dealkylation sites (tertiary alicyclic amines) is 1. The van der Waals surface area contributed by atoms with Crippen molar-refractivity contribution in [2.45, 2.75) is 42.7 Å². The quantitative estimate of drug-likeness (QED) is 0.537. The fourth-order valence-electron chi connectivity index (χ4n) is 5.53. The number of hydrogen-bond acceptors (Lipinski definition) is 6. The molecule has 3 aliphatic rings. The average Bonchev–Trinajstić information content (AvgIpc) is 3.23. The van der Waals surface area contributed by atoms with Crippen LogP contribution in [0.1, 0.15) is 41.6 Å². The van der Waals surface area contributed by atoms with Gasteiger partial charge in [-0.05, 0) is 54.8 Å². The standard InChI is InChI=1S/C27H30FN3O7S/c28-22-5-3-20(4-6-22)24(32)21-9-13-31(14-10-21)39(36,37)23-7-1-19(2-8-23)17-30-18-27(38-26(30)35)11-15-29(16-12-27)25(33)34/h1-8,21H,9-18H2,(H,33,34). The number of hydrogen-bond donors (Lipinski definition) is 1. The number of carboxylic acid groups (broad SMARTS) is 1. The van der Waals surface area contributed by atoms with E-state index in [0.29, 0.717) is 50.9 Å². The number of ketones is 1. The molecule has 1 N–H and O–H groups in total. The van der Waals surface area contributed by atoms with Crippen LogP contribution in [0.5, 0.6) is 0 Å². The number of benzene rings is 2. The Bertz CT molecular complexity index is 1350. The van der Waals surface area contributed by atoms with Crippen LogP contribution in [0.3, 0.4) is 0 Å². The zero-order chi connectivity index (χ0) is 27.8. The number of piperidine rings is 2. The predicted molar refractivity (Wildman–Crippen MR) is 137 cm³/mol. The minimum absolute atomic E-state index is 0.106. The second kappa shape index (κ2) is 10.6. The van der Waals surface area contributed by atoms with Crippen molar-refractivity contribution >= 4 is 28.0 Å². The molecule has 10 nitrogen and oxygen atoms in total. The Balaban J connectivity index is 1.17. The van der Waals surface area contributed by atoms with Gasteiger partial charge in [-0.2, -0.15) is 4.31 Å². The van der Waals surface area contributed by atoms with Crippen molar-refractivity contribution in [2.75, 3.05) is 32.7 Å². The highest BCUT2D eigenvalue weighted by molar-refractivity contribution is 7.89. The van der Waals surface area contributed by atoms with Gasteiger partial charge in [0.1, 0.15) is 11.4 Å². The minimum Gasteiger partial charge on any atom is -0.465 e. The summed E-state index contributed by atoms with van der Waals surface area (Å²) in [5.41, 5.74) is 0.470. The number of sulfonamides is 1. The van der Waals surface area contributed by atoms with Crippen molar-refractivity contribution in [1.29, 1.82) is 0 Å². The van der Waals surface area contributed by atoms with Gasteiger partial charge in [-0.15, -0.1) is 0 Å². The Morgan fingerprint density at radius 1 is 0.974 bits per heavy atom. The van der Waals surface area contributed by atoms with E-state index in [2.05, 4.69) is 0 Å².